The standard InChI is InChI=1S/C17H32O2/c1-2-9-16(14-10-5-3-6-11-14)17(18,19)15-12-7-4-8-13-15/h14-16,18-19H,2-13H2,1H3. The Morgan fingerprint density at radius 1 is 0.895 bits per heavy atom. The predicted octanol–water partition coefficient (Wildman–Crippen LogP) is 4.24. The molecule has 19 heavy (non-hydrogen) atoms. The molecule has 1 unspecified atom stereocenters. The van der Waals surface area contributed by atoms with E-state index in [-0.39, 0.29) is 11.8 Å². The first-order valence-electron chi connectivity index (χ1n) is 8.61. The van der Waals surface area contributed by atoms with Crippen molar-refractivity contribution in [3.8, 4) is 0 Å². The first-order chi connectivity index (χ1) is 9.16. The van der Waals surface area contributed by atoms with Gasteiger partial charge in [0.05, 0.1) is 0 Å². The van der Waals surface area contributed by atoms with Gasteiger partial charge in [0.1, 0.15) is 0 Å². The van der Waals surface area contributed by atoms with E-state index in [4.69, 9.17) is 0 Å². The Morgan fingerprint density at radius 3 is 1.95 bits per heavy atom. The maximum absolute atomic E-state index is 10.8. The first kappa shape index (κ1) is 15.3. The minimum Gasteiger partial charge on any atom is -0.365 e. The zero-order valence-electron chi connectivity index (χ0n) is 12.6. The lowest BCUT2D eigenvalue weighted by Gasteiger charge is -2.44. The van der Waals surface area contributed by atoms with Gasteiger partial charge in [-0.15, -0.1) is 0 Å². The Kier molecular flexibility index (Phi) is 5.70. The summed E-state index contributed by atoms with van der Waals surface area (Å²) in [6, 6.07) is 0. The molecular formula is C17H32O2. The molecule has 2 N–H and O–H groups in total. The van der Waals surface area contributed by atoms with Crippen LogP contribution in [0, 0.1) is 17.8 Å². The van der Waals surface area contributed by atoms with E-state index in [1.807, 2.05) is 0 Å². The summed E-state index contributed by atoms with van der Waals surface area (Å²) in [5, 5.41) is 21.7. The van der Waals surface area contributed by atoms with Crippen LogP contribution in [0.3, 0.4) is 0 Å². The maximum Gasteiger partial charge on any atom is 0.168 e. The van der Waals surface area contributed by atoms with E-state index in [9.17, 15) is 10.2 Å². The molecule has 0 aromatic rings. The van der Waals surface area contributed by atoms with Gasteiger partial charge in [-0.25, -0.2) is 0 Å². The van der Waals surface area contributed by atoms with Crippen LogP contribution >= 0.6 is 0 Å². The van der Waals surface area contributed by atoms with Crippen molar-refractivity contribution in [2.24, 2.45) is 17.8 Å². The van der Waals surface area contributed by atoms with Crippen LogP contribution in [0.1, 0.15) is 84.0 Å². The monoisotopic (exact) mass is 268 g/mol. The summed E-state index contributed by atoms with van der Waals surface area (Å²) in [5.74, 6) is -0.621. The average molecular weight is 268 g/mol. The van der Waals surface area contributed by atoms with Crippen molar-refractivity contribution >= 4 is 0 Å². The zero-order valence-corrected chi connectivity index (χ0v) is 12.6. The highest BCUT2D eigenvalue weighted by atomic mass is 16.5. The van der Waals surface area contributed by atoms with Gasteiger partial charge >= 0.3 is 0 Å². The van der Waals surface area contributed by atoms with Crippen LogP contribution in [-0.4, -0.2) is 16.0 Å². The van der Waals surface area contributed by atoms with Crippen molar-refractivity contribution in [2.45, 2.75) is 89.8 Å². The number of hydrogen-bond acceptors (Lipinski definition) is 2. The molecule has 112 valence electrons. The fourth-order valence-electron chi connectivity index (χ4n) is 4.47. The van der Waals surface area contributed by atoms with Crippen molar-refractivity contribution in [3.05, 3.63) is 0 Å². The van der Waals surface area contributed by atoms with E-state index >= 15 is 0 Å². The van der Waals surface area contributed by atoms with Gasteiger partial charge in [0.2, 0.25) is 0 Å². The molecule has 2 aliphatic rings. The van der Waals surface area contributed by atoms with Gasteiger partial charge in [0, 0.05) is 11.8 Å². The van der Waals surface area contributed by atoms with Crippen LogP contribution in [0.25, 0.3) is 0 Å². The summed E-state index contributed by atoms with van der Waals surface area (Å²) in [6.07, 6.45) is 14.0. The molecule has 2 fully saturated rings. The fraction of sp³-hybridized carbons (Fsp3) is 1.00. The van der Waals surface area contributed by atoms with E-state index in [0.29, 0.717) is 5.92 Å². The van der Waals surface area contributed by atoms with Gasteiger partial charge in [-0.3, -0.25) is 0 Å². The van der Waals surface area contributed by atoms with E-state index < -0.39 is 5.79 Å². The highest BCUT2D eigenvalue weighted by Crippen LogP contribution is 2.44. The molecule has 0 saturated heterocycles. The minimum absolute atomic E-state index is 0.112. The van der Waals surface area contributed by atoms with Crippen molar-refractivity contribution in [2.75, 3.05) is 0 Å². The molecule has 2 heteroatoms. The van der Waals surface area contributed by atoms with E-state index in [0.717, 1.165) is 25.7 Å². The third kappa shape index (κ3) is 3.72. The highest BCUT2D eigenvalue weighted by Gasteiger charge is 2.45. The second kappa shape index (κ2) is 7.08. The molecule has 0 aromatic heterocycles. The van der Waals surface area contributed by atoms with Crippen molar-refractivity contribution in [1.29, 1.82) is 0 Å². The second-order valence-corrected chi connectivity index (χ2v) is 6.91. The second-order valence-electron chi connectivity index (χ2n) is 6.91. The molecule has 0 radical (unpaired) electrons. The van der Waals surface area contributed by atoms with Gasteiger partial charge in [-0.05, 0) is 38.0 Å². The molecule has 0 aromatic carbocycles. The van der Waals surface area contributed by atoms with Crippen LogP contribution in [0.2, 0.25) is 0 Å². The van der Waals surface area contributed by atoms with Crippen molar-refractivity contribution in [1.82, 2.24) is 0 Å². The van der Waals surface area contributed by atoms with Crippen LogP contribution in [0.4, 0.5) is 0 Å². The fourth-order valence-corrected chi connectivity index (χ4v) is 4.47. The normalized spacial score (nSPS) is 25.4. The summed E-state index contributed by atoms with van der Waals surface area (Å²) >= 11 is 0. The minimum atomic E-state index is -1.40. The lowest BCUT2D eigenvalue weighted by atomic mass is 9.68. The smallest absolute Gasteiger partial charge is 0.168 e. The average Bonchev–Trinajstić information content (AvgIpc) is 2.46. The largest absolute Gasteiger partial charge is 0.365 e. The van der Waals surface area contributed by atoms with Crippen LogP contribution in [0.5, 0.6) is 0 Å². The lowest BCUT2D eigenvalue weighted by molar-refractivity contribution is -0.256. The molecular weight excluding hydrogens is 236 g/mol. The third-order valence-electron chi connectivity index (χ3n) is 5.57. The topological polar surface area (TPSA) is 40.5 Å². The van der Waals surface area contributed by atoms with Crippen LogP contribution < -0.4 is 0 Å². The van der Waals surface area contributed by atoms with Crippen molar-refractivity contribution in [3.63, 3.8) is 0 Å². The van der Waals surface area contributed by atoms with Crippen LogP contribution in [0.15, 0.2) is 0 Å². The Morgan fingerprint density at radius 2 is 1.42 bits per heavy atom. The summed E-state index contributed by atoms with van der Waals surface area (Å²) in [4.78, 5) is 0. The van der Waals surface area contributed by atoms with Crippen molar-refractivity contribution < 1.29 is 10.2 Å². The quantitative estimate of drug-likeness (QED) is 0.732. The summed E-state index contributed by atoms with van der Waals surface area (Å²) in [7, 11) is 0. The number of aliphatic hydroxyl groups is 2. The van der Waals surface area contributed by atoms with E-state index in [1.54, 1.807) is 0 Å². The van der Waals surface area contributed by atoms with Gasteiger partial charge in [0.15, 0.2) is 5.79 Å². The van der Waals surface area contributed by atoms with Crippen LogP contribution in [-0.2, 0) is 0 Å². The van der Waals surface area contributed by atoms with E-state index in [1.165, 1.54) is 51.4 Å². The zero-order chi connectivity index (χ0) is 13.7. The Balaban J connectivity index is 2.06. The molecule has 0 heterocycles. The lowest BCUT2D eigenvalue weighted by Crippen LogP contribution is -2.49. The Labute approximate surface area is 118 Å². The van der Waals surface area contributed by atoms with Gasteiger partial charge in [0.25, 0.3) is 0 Å². The number of rotatable bonds is 5. The highest BCUT2D eigenvalue weighted by molar-refractivity contribution is 4.89. The Hall–Kier alpha value is -0.0800. The third-order valence-corrected chi connectivity index (χ3v) is 5.57. The molecule has 2 nitrogen and oxygen atoms in total. The molecule has 0 spiro atoms. The summed E-state index contributed by atoms with van der Waals surface area (Å²) < 4.78 is 0. The summed E-state index contributed by atoms with van der Waals surface area (Å²) in [6.45, 7) is 2.17. The van der Waals surface area contributed by atoms with Gasteiger partial charge < -0.3 is 10.2 Å². The first-order valence-corrected chi connectivity index (χ1v) is 8.61. The predicted molar refractivity (Wildman–Crippen MR) is 78.7 cm³/mol. The summed E-state index contributed by atoms with van der Waals surface area (Å²) in [5.41, 5.74) is 0. The Bertz CT molecular complexity index is 250. The van der Waals surface area contributed by atoms with E-state index in [2.05, 4.69) is 6.92 Å². The molecule has 0 amide bonds. The maximum atomic E-state index is 10.8. The SMILES string of the molecule is CCCC(C1CCCCC1)C(O)(O)C1CCCCC1. The molecule has 2 rings (SSSR count). The molecule has 0 bridgehead atoms. The number of hydrogen-bond donors (Lipinski definition) is 2. The molecule has 0 aliphatic heterocycles. The molecule has 2 saturated carbocycles. The molecule has 2 aliphatic carbocycles. The van der Waals surface area contributed by atoms with Gasteiger partial charge in [-0.1, -0.05) is 51.9 Å². The van der Waals surface area contributed by atoms with Gasteiger partial charge in [-0.2, -0.15) is 0 Å². The molecule has 1 atom stereocenters.